The topological polar surface area (TPSA) is 96.2 Å². The lowest BCUT2D eigenvalue weighted by molar-refractivity contribution is 0.0941. The normalized spacial score (nSPS) is 18.0. The van der Waals surface area contributed by atoms with Crippen molar-refractivity contribution in [1.82, 2.24) is 20.2 Å². The molecule has 0 bridgehead atoms. The van der Waals surface area contributed by atoms with Crippen LogP contribution in [0.5, 0.6) is 5.75 Å². The molecule has 1 unspecified atom stereocenters. The van der Waals surface area contributed by atoms with Crippen LogP contribution in [-0.4, -0.2) is 27.6 Å². The molecule has 0 fully saturated rings. The van der Waals surface area contributed by atoms with Crippen LogP contribution in [0.2, 0.25) is 0 Å². The van der Waals surface area contributed by atoms with Crippen LogP contribution in [0.1, 0.15) is 60.2 Å². The summed E-state index contributed by atoms with van der Waals surface area (Å²) in [6.07, 6.45) is 1.63. The molecule has 0 spiro atoms. The van der Waals surface area contributed by atoms with E-state index >= 15 is 0 Å². The Labute approximate surface area is 169 Å². The molecule has 7 nitrogen and oxygen atoms in total. The molecular weight excluding hydrogens is 375 g/mol. The predicted octanol–water partition coefficient (Wildman–Crippen LogP) is 2.41. The maximum atomic E-state index is 13.4. The minimum atomic E-state index is -0.658. The zero-order chi connectivity index (χ0) is 21.3. The maximum absolute atomic E-state index is 13.4. The predicted molar refractivity (Wildman–Crippen MR) is 107 cm³/mol. The van der Waals surface area contributed by atoms with Crippen LogP contribution >= 0.6 is 0 Å². The Morgan fingerprint density at radius 3 is 2.79 bits per heavy atom. The van der Waals surface area contributed by atoms with E-state index in [0.717, 1.165) is 12.8 Å². The Hall–Kier alpha value is -2.74. The van der Waals surface area contributed by atoms with Crippen LogP contribution in [-0.2, 0) is 13.1 Å². The van der Waals surface area contributed by atoms with Gasteiger partial charge in [0, 0.05) is 13.1 Å². The SMILES string of the molecule is CNC1CCC(C)(C)Cn2c1nc(C(=O)NCc1ccc(F)c(C)c1)c(O)c2=O. The molecule has 1 aromatic heterocycles. The van der Waals surface area contributed by atoms with Crippen molar-refractivity contribution in [2.75, 3.05) is 7.05 Å². The monoisotopic (exact) mass is 402 g/mol. The molecule has 2 heterocycles. The lowest BCUT2D eigenvalue weighted by atomic mass is 9.87. The van der Waals surface area contributed by atoms with Crippen LogP contribution in [0.3, 0.4) is 0 Å². The van der Waals surface area contributed by atoms with Gasteiger partial charge in [-0.1, -0.05) is 26.0 Å². The highest BCUT2D eigenvalue weighted by Gasteiger charge is 2.32. The number of aryl methyl sites for hydroxylation is 1. The largest absolute Gasteiger partial charge is 0.501 e. The molecule has 3 N–H and O–H groups in total. The Balaban J connectivity index is 1.92. The molecule has 2 aromatic rings. The number of hydrogen-bond acceptors (Lipinski definition) is 5. The van der Waals surface area contributed by atoms with E-state index in [2.05, 4.69) is 29.5 Å². The van der Waals surface area contributed by atoms with Gasteiger partial charge in [0.2, 0.25) is 5.75 Å². The first-order valence-corrected chi connectivity index (χ1v) is 9.67. The Morgan fingerprint density at radius 2 is 2.14 bits per heavy atom. The number of benzene rings is 1. The van der Waals surface area contributed by atoms with Crippen molar-refractivity contribution in [3.63, 3.8) is 0 Å². The average molecular weight is 402 g/mol. The number of nitrogens with zero attached hydrogens (tertiary/aromatic N) is 2. The zero-order valence-electron chi connectivity index (χ0n) is 17.2. The third kappa shape index (κ3) is 4.32. The highest BCUT2D eigenvalue weighted by atomic mass is 19.1. The fourth-order valence-corrected chi connectivity index (χ4v) is 3.67. The van der Waals surface area contributed by atoms with E-state index in [1.807, 2.05) is 0 Å². The summed E-state index contributed by atoms with van der Waals surface area (Å²) in [5, 5.41) is 16.2. The molecule has 0 saturated heterocycles. The van der Waals surface area contributed by atoms with Crippen LogP contribution < -0.4 is 16.2 Å². The van der Waals surface area contributed by atoms with Gasteiger partial charge in [0.1, 0.15) is 11.6 Å². The summed E-state index contributed by atoms with van der Waals surface area (Å²) in [4.78, 5) is 29.9. The van der Waals surface area contributed by atoms with Crippen molar-refractivity contribution in [2.24, 2.45) is 5.41 Å². The summed E-state index contributed by atoms with van der Waals surface area (Å²) in [7, 11) is 1.78. The number of halogens is 1. The number of carbonyl (C=O) groups is 1. The second-order valence-electron chi connectivity index (χ2n) is 8.37. The van der Waals surface area contributed by atoms with Gasteiger partial charge in [0.25, 0.3) is 11.5 Å². The average Bonchev–Trinajstić information content (AvgIpc) is 2.80. The molecule has 1 aliphatic heterocycles. The molecule has 1 aromatic carbocycles. The van der Waals surface area contributed by atoms with Crippen molar-refractivity contribution < 1.29 is 14.3 Å². The molecule has 1 atom stereocenters. The fourth-order valence-electron chi connectivity index (χ4n) is 3.67. The zero-order valence-corrected chi connectivity index (χ0v) is 17.2. The maximum Gasteiger partial charge on any atom is 0.296 e. The van der Waals surface area contributed by atoms with E-state index in [9.17, 15) is 19.1 Å². The molecule has 29 heavy (non-hydrogen) atoms. The second kappa shape index (κ2) is 7.94. The van der Waals surface area contributed by atoms with Crippen molar-refractivity contribution in [2.45, 2.75) is 52.7 Å². The molecule has 0 saturated carbocycles. The third-order valence-corrected chi connectivity index (χ3v) is 5.42. The Bertz CT molecular complexity index is 1000. The van der Waals surface area contributed by atoms with Crippen molar-refractivity contribution >= 4 is 5.91 Å². The van der Waals surface area contributed by atoms with Crippen molar-refractivity contribution in [1.29, 1.82) is 0 Å². The van der Waals surface area contributed by atoms with Gasteiger partial charge >= 0.3 is 0 Å². The molecule has 1 amide bonds. The first-order valence-electron chi connectivity index (χ1n) is 9.67. The van der Waals surface area contributed by atoms with Gasteiger partial charge in [0.05, 0.1) is 6.04 Å². The quantitative estimate of drug-likeness (QED) is 0.730. The summed E-state index contributed by atoms with van der Waals surface area (Å²) >= 11 is 0. The summed E-state index contributed by atoms with van der Waals surface area (Å²) in [6.45, 7) is 6.30. The van der Waals surface area contributed by atoms with E-state index < -0.39 is 17.2 Å². The summed E-state index contributed by atoms with van der Waals surface area (Å²) in [5.74, 6) is -1.18. The molecule has 0 aliphatic carbocycles. The molecule has 3 rings (SSSR count). The van der Waals surface area contributed by atoms with Crippen LogP contribution in [0.25, 0.3) is 0 Å². The van der Waals surface area contributed by atoms with Gasteiger partial charge < -0.3 is 15.7 Å². The molecule has 156 valence electrons. The number of carbonyl (C=O) groups excluding carboxylic acids is 1. The lowest BCUT2D eigenvalue weighted by Crippen LogP contribution is -2.35. The smallest absolute Gasteiger partial charge is 0.296 e. The van der Waals surface area contributed by atoms with Crippen molar-refractivity contribution in [3.05, 3.63) is 57.0 Å². The van der Waals surface area contributed by atoms with Gasteiger partial charge in [-0.25, -0.2) is 9.37 Å². The van der Waals surface area contributed by atoms with E-state index in [1.54, 1.807) is 26.1 Å². The first kappa shape index (κ1) is 21.0. The summed E-state index contributed by atoms with van der Waals surface area (Å²) in [6, 6.07) is 4.34. The number of nitrogens with one attached hydrogen (secondary N) is 2. The van der Waals surface area contributed by atoms with E-state index in [1.165, 1.54) is 10.6 Å². The Morgan fingerprint density at radius 1 is 1.41 bits per heavy atom. The molecule has 1 aliphatic rings. The standard InChI is InChI=1S/C21H27FN4O3/c1-12-9-13(5-6-14(12)22)10-24-19(28)16-17(27)20(29)26-11-21(2,3)8-7-15(23-4)18(26)25-16/h5-6,9,15,23,27H,7-8,10-11H2,1-4H3,(H,24,28). The van der Waals surface area contributed by atoms with Gasteiger partial charge in [-0.2, -0.15) is 0 Å². The van der Waals surface area contributed by atoms with Gasteiger partial charge in [0.15, 0.2) is 5.69 Å². The van der Waals surface area contributed by atoms with Gasteiger partial charge in [-0.05, 0) is 49.4 Å². The second-order valence-corrected chi connectivity index (χ2v) is 8.37. The summed E-state index contributed by atoms with van der Waals surface area (Å²) < 4.78 is 14.9. The fraction of sp³-hybridized carbons (Fsp3) is 0.476. The van der Waals surface area contributed by atoms with E-state index in [0.29, 0.717) is 23.5 Å². The van der Waals surface area contributed by atoms with Gasteiger partial charge in [-0.15, -0.1) is 0 Å². The van der Waals surface area contributed by atoms with E-state index in [4.69, 9.17) is 0 Å². The number of amides is 1. The molecule has 0 radical (unpaired) electrons. The number of rotatable bonds is 4. The third-order valence-electron chi connectivity index (χ3n) is 5.42. The molecular formula is C21H27FN4O3. The lowest BCUT2D eigenvalue weighted by Gasteiger charge is -2.23. The summed E-state index contributed by atoms with van der Waals surface area (Å²) in [5.41, 5.74) is 0.134. The van der Waals surface area contributed by atoms with Crippen LogP contribution in [0.15, 0.2) is 23.0 Å². The van der Waals surface area contributed by atoms with Crippen molar-refractivity contribution in [3.8, 4) is 5.75 Å². The number of hydrogen-bond donors (Lipinski definition) is 3. The van der Waals surface area contributed by atoms with Crippen LogP contribution in [0.4, 0.5) is 4.39 Å². The molecule has 8 heteroatoms. The van der Waals surface area contributed by atoms with E-state index in [-0.39, 0.29) is 29.5 Å². The Kier molecular flexibility index (Phi) is 5.75. The van der Waals surface area contributed by atoms with Gasteiger partial charge in [-0.3, -0.25) is 14.2 Å². The highest BCUT2D eigenvalue weighted by Crippen LogP contribution is 2.33. The number of fused-ring (bicyclic) bond motifs is 1. The minimum Gasteiger partial charge on any atom is -0.501 e. The van der Waals surface area contributed by atoms with Crippen LogP contribution in [0, 0.1) is 18.2 Å². The highest BCUT2D eigenvalue weighted by molar-refractivity contribution is 5.94. The minimum absolute atomic E-state index is 0.127. The number of aromatic nitrogens is 2. The first-order chi connectivity index (χ1) is 13.6. The number of aromatic hydroxyl groups is 1.